The Balaban J connectivity index is 1.61. The first kappa shape index (κ1) is 13.6. The lowest BCUT2D eigenvalue weighted by Gasteiger charge is -2.35. The summed E-state index contributed by atoms with van der Waals surface area (Å²) in [6.45, 7) is 3.38. The van der Waals surface area contributed by atoms with Crippen LogP contribution in [-0.4, -0.2) is 42.2 Å². The fraction of sp³-hybridized carbons (Fsp3) is 0.562. The van der Waals surface area contributed by atoms with Crippen LogP contribution in [0.25, 0.3) is 0 Å². The molecule has 108 valence electrons. The number of nitrogens with zero attached hydrogens (tertiary/aromatic N) is 1. The summed E-state index contributed by atoms with van der Waals surface area (Å²) in [5.74, 6) is -0.810. The Morgan fingerprint density at radius 2 is 2.05 bits per heavy atom. The van der Waals surface area contributed by atoms with Gasteiger partial charge in [0.05, 0.1) is 18.6 Å². The quantitative estimate of drug-likeness (QED) is 0.917. The molecule has 0 radical (unpaired) electrons. The van der Waals surface area contributed by atoms with Gasteiger partial charge in [0, 0.05) is 6.54 Å². The normalized spacial score (nSPS) is 24.3. The van der Waals surface area contributed by atoms with Crippen molar-refractivity contribution in [1.29, 1.82) is 0 Å². The van der Waals surface area contributed by atoms with Crippen molar-refractivity contribution in [3.63, 3.8) is 0 Å². The third-order valence-corrected chi connectivity index (χ3v) is 4.45. The second kappa shape index (κ2) is 5.94. The molecule has 1 unspecified atom stereocenters. The summed E-state index contributed by atoms with van der Waals surface area (Å²) < 4.78 is 5.92. The third kappa shape index (κ3) is 2.86. The smallest absolute Gasteiger partial charge is 0.306 e. The maximum absolute atomic E-state index is 11.0. The lowest BCUT2D eigenvalue weighted by Crippen LogP contribution is -2.39. The summed E-state index contributed by atoms with van der Waals surface area (Å²) in [6, 6.07) is 8.49. The average Bonchev–Trinajstić information content (AvgIpc) is 2.48. The Bertz CT molecular complexity index is 480. The van der Waals surface area contributed by atoms with Crippen molar-refractivity contribution >= 4 is 5.97 Å². The first-order valence-electron chi connectivity index (χ1n) is 7.38. The van der Waals surface area contributed by atoms with Crippen LogP contribution in [0.3, 0.4) is 0 Å². The highest BCUT2D eigenvalue weighted by atomic mass is 16.5. The molecule has 4 nitrogen and oxygen atoms in total. The zero-order valence-electron chi connectivity index (χ0n) is 11.6. The van der Waals surface area contributed by atoms with E-state index in [1.54, 1.807) is 0 Å². The van der Waals surface area contributed by atoms with Crippen LogP contribution in [-0.2, 0) is 16.0 Å². The van der Waals surface area contributed by atoms with E-state index in [0.29, 0.717) is 0 Å². The molecule has 0 saturated carbocycles. The first-order chi connectivity index (χ1) is 9.74. The maximum atomic E-state index is 11.0. The van der Waals surface area contributed by atoms with Gasteiger partial charge >= 0.3 is 5.97 Å². The number of piperidine rings is 1. The lowest BCUT2D eigenvalue weighted by molar-refractivity contribution is -0.143. The van der Waals surface area contributed by atoms with Gasteiger partial charge in [0.25, 0.3) is 0 Å². The SMILES string of the molecule is O=C(O)C1CCN(CC2OCCc3ccccc32)CC1. The Kier molecular flexibility index (Phi) is 4.03. The zero-order chi connectivity index (χ0) is 13.9. The molecule has 2 aliphatic rings. The number of fused-ring (bicyclic) bond motifs is 1. The Morgan fingerprint density at radius 1 is 1.30 bits per heavy atom. The minimum absolute atomic E-state index is 0.140. The number of ether oxygens (including phenoxy) is 1. The Labute approximate surface area is 119 Å². The van der Waals surface area contributed by atoms with Crippen molar-refractivity contribution < 1.29 is 14.6 Å². The van der Waals surface area contributed by atoms with Crippen molar-refractivity contribution in [3.05, 3.63) is 35.4 Å². The van der Waals surface area contributed by atoms with Crippen molar-refractivity contribution in [3.8, 4) is 0 Å². The topological polar surface area (TPSA) is 49.8 Å². The number of aliphatic carboxylic acids is 1. The van der Waals surface area contributed by atoms with Crippen LogP contribution in [0.15, 0.2) is 24.3 Å². The number of carbonyl (C=O) groups is 1. The fourth-order valence-electron chi connectivity index (χ4n) is 3.22. The van der Waals surface area contributed by atoms with E-state index in [1.807, 2.05) is 0 Å². The number of rotatable bonds is 3. The molecule has 0 aromatic heterocycles. The molecule has 4 heteroatoms. The molecule has 2 aliphatic heterocycles. The Morgan fingerprint density at radius 3 is 2.80 bits per heavy atom. The summed E-state index contributed by atoms with van der Waals surface area (Å²) >= 11 is 0. The standard InChI is InChI=1S/C16H21NO3/c18-16(19)13-5-8-17(9-6-13)11-15-14-4-2-1-3-12(14)7-10-20-15/h1-4,13,15H,5-11H2,(H,18,19). The molecule has 0 bridgehead atoms. The van der Waals surface area contributed by atoms with E-state index in [4.69, 9.17) is 9.84 Å². The molecule has 0 aliphatic carbocycles. The van der Waals surface area contributed by atoms with Gasteiger partial charge in [0.15, 0.2) is 0 Å². The van der Waals surface area contributed by atoms with E-state index in [-0.39, 0.29) is 12.0 Å². The molecular formula is C16H21NO3. The van der Waals surface area contributed by atoms with Gasteiger partial charge in [-0.15, -0.1) is 0 Å². The predicted octanol–water partition coefficient (Wildman–Crippen LogP) is 2.10. The molecular weight excluding hydrogens is 254 g/mol. The molecule has 2 heterocycles. The Hall–Kier alpha value is -1.39. The van der Waals surface area contributed by atoms with Gasteiger partial charge in [-0.3, -0.25) is 4.79 Å². The fourth-order valence-corrected chi connectivity index (χ4v) is 3.22. The number of hydrogen-bond acceptors (Lipinski definition) is 3. The summed E-state index contributed by atoms with van der Waals surface area (Å²) in [5.41, 5.74) is 2.70. The molecule has 20 heavy (non-hydrogen) atoms. The number of likely N-dealkylation sites (tertiary alicyclic amines) is 1. The molecule has 1 saturated heterocycles. The molecule has 1 aromatic carbocycles. The summed E-state index contributed by atoms with van der Waals surface area (Å²) in [5, 5.41) is 9.03. The molecule has 0 amide bonds. The summed E-state index contributed by atoms with van der Waals surface area (Å²) in [6.07, 6.45) is 2.64. The second-order valence-electron chi connectivity index (χ2n) is 5.72. The van der Waals surface area contributed by atoms with E-state index < -0.39 is 5.97 Å². The van der Waals surface area contributed by atoms with Crippen LogP contribution in [0, 0.1) is 5.92 Å². The van der Waals surface area contributed by atoms with Crippen LogP contribution in [0.5, 0.6) is 0 Å². The van der Waals surface area contributed by atoms with Crippen molar-refractivity contribution in [2.45, 2.75) is 25.4 Å². The number of hydrogen-bond donors (Lipinski definition) is 1. The van der Waals surface area contributed by atoms with E-state index in [1.165, 1.54) is 11.1 Å². The van der Waals surface area contributed by atoms with E-state index in [9.17, 15) is 4.79 Å². The van der Waals surface area contributed by atoms with Crippen LogP contribution in [0.2, 0.25) is 0 Å². The molecule has 1 atom stereocenters. The van der Waals surface area contributed by atoms with Gasteiger partial charge in [-0.2, -0.15) is 0 Å². The largest absolute Gasteiger partial charge is 0.481 e. The lowest BCUT2D eigenvalue weighted by atomic mass is 9.94. The minimum atomic E-state index is -0.649. The first-order valence-corrected chi connectivity index (χ1v) is 7.38. The predicted molar refractivity (Wildman–Crippen MR) is 75.6 cm³/mol. The second-order valence-corrected chi connectivity index (χ2v) is 5.72. The molecule has 1 N–H and O–H groups in total. The highest BCUT2D eigenvalue weighted by molar-refractivity contribution is 5.70. The van der Waals surface area contributed by atoms with Gasteiger partial charge < -0.3 is 14.7 Å². The van der Waals surface area contributed by atoms with Gasteiger partial charge in [-0.25, -0.2) is 0 Å². The number of carboxylic acids is 1. The minimum Gasteiger partial charge on any atom is -0.481 e. The van der Waals surface area contributed by atoms with Crippen LogP contribution < -0.4 is 0 Å². The van der Waals surface area contributed by atoms with Crippen molar-refractivity contribution in [2.24, 2.45) is 5.92 Å². The van der Waals surface area contributed by atoms with Crippen LogP contribution >= 0.6 is 0 Å². The van der Waals surface area contributed by atoms with E-state index in [2.05, 4.69) is 29.2 Å². The molecule has 3 rings (SSSR count). The van der Waals surface area contributed by atoms with Gasteiger partial charge in [-0.1, -0.05) is 24.3 Å². The van der Waals surface area contributed by atoms with Crippen LogP contribution in [0.1, 0.15) is 30.1 Å². The third-order valence-electron chi connectivity index (χ3n) is 4.45. The number of carboxylic acid groups (broad SMARTS) is 1. The van der Waals surface area contributed by atoms with E-state index in [0.717, 1.165) is 45.5 Å². The zero-order valence-corrected chi connectivity index (χ0v) is 11.6. The van der Waals surface area contributed by atoms with E-state index >= 15 is 0 Å². The highest BCUT2D eigenvalue weighted by Crippen LogP contribution is 2.29. The molecule has 1 aromatic rings. The van der Waals surface area contributed by atoms with Gasteiger partial charge in [-0.05, 0) is 43.5 Å². The van der Waals surface area contributed by atoms with Gasteiger partial charge in [0.1, 0.15) is 0 Å². The maximum Gasteiger partial charge on any atom is 0.306 e. The van der Waals surface area contributed by atoms with Crippen molar-refractivity contribution in [1.82, 2.24) is 4.90 Å². The van der Waals surface area contributed by atoms with Gasteiger partial charge in [0.2, 0.25) is 0 Å². The number of benzene rings is 1. The van der Waals surface area contributed by atoms with Crippen molar-refractivity contribution in [2.75, 3.05) is 26.2 Å². The molecule has 1 fully saturated rings. The summed E-state index contributed by atoms with van der Waals surface area (Å²) in [7, 11) is 0. The summed E-state index contributed by atoms with van der Waals surface area (Å²) in [4.78, 5) is 13.3. The monoisotopic (exact) mass is 275 g/mol. The van der Waals surface area contributed by atoms with Crippen LogP contribution in [0.4, 0.5) is 0 Å². The average molecular weight is 275 g/mol. The molecule has 0 spiro atoms. The highest BCUT2D eigenvalue weighted by Gasteiger charge is 2.28.